The van der Waals surface area contributed by atoms with Crippen LogP contribution in [-0.2, 0) is 0 Å². The maximum atomic E-state index is 12.4. The Labute approximate surface area is 126 Å². The molecule has 0 unspecified atom stereocenters. The van der Waals surface area contributed by atoms with Gasteiger partial charge in [0, 0.05) is 29.0 Å². The Morgan fingerprint density at radius 2 is 2.15 bits per heavy atom. The monoisotopic (exact) mass is 332 g/mol. The fourth-order valence-electron chi connectivity index (χ4n) is 2.56. The molecule has 1 aromatic carbocycles. The molecule has 20 heavy (non-hydrogen) atoms. The maximum Gasteiger partial charge on any atom is 0.251 e. The highest BCUT2D eigenvalue weighted by molar-refractivity contribution is 9.09. The van der Waals surface area contributed by atoms with E-state index in [0.29, 0.717) is 11.0 Å². The van der Waals surface area contributed by atoms with Crippen LogP contribution in [0.2, 0.25) is 0 Å². The summed E-state index contributed by atoms with van der Waals surface area (Å²) in [5, 5.41) is 5.01. The summed E-state index contributed by atoms with van der Waals surface area (Å²) in [7, 11) is 0. The number of benzene rings is 1. The van der Waals surface area contributed by atoms with Crippen molar-refractivity contribution in [2.75, 3.05) is 11.9 Å². The fraction of sp³-hybridized carbons (Fsp3) is 0.375. The minimum atomic E-state index is 0.00412. The van der Waals surface area contributed by atoms with Crippen LogP contribution in [0, 0.1) is 5.41 Å². The number of alkyl halides is 1. The molecule has 1 N–H and O–H groups in total. The van der Waals surface area contributed by atoms with E-state index in [9.17, 15) is 4.79 Å². The third-order valence-electron chi connectivity index (χ3n) is 4.10. The smallest absolute Gasteiger partial charge is 0.251 e. The zero-order valence-electron chi connectivity index (χ0n) is 11.2. The lowest BCUT2D eigenvalue weighted by molar-refractivity contribution is 0.0946. The van der Waals surface area contributed by atoms with Gasteiger partial charge in [-0.2, -0.15) is 0 Å². The van der Waals surface area contributed by atoms with Crippen LogP contribution < -0.4 is 5.32 Å². The Bertz CT molecular complexity index is 632. The van der Waals surface area contributed by atoms with E-state index in [2.05, 4.69) is 26.2 Å². The Kier molecular flexibility index (Phi) is 3.74. The number of hydrogen-bond donors (Lipinski definition) is 1. The Morgan fingerprint density at radius 1 is 1.30 bits per heavy atom. The number of nitrogens with zero attached hydrogens (tertiary/aromatic N) is 1. The van der Waals surface area contributed by atoms with Gasteiger partial charge in [-0.3, -0.25) is 9.78 Å². The summed E-state index contributed by atoms with van der Waals surface area (Å²) in [6, 6.07) is 9.49. The van der Waals surface area contributed by atoms with E-state index in [-0.39, 0.29) is 5.91 Å². The molecule has 1 aliphatic carbocycles. The zero-order valence-corrected chi connectivity index (χ0v) is 12.8. The maximum absolute atomic E-state index is 12.4. The van der Waals surface area contributed by atoms with Crippen LogP contribution >= 0.6 is 15.9 Å². The van der Waals surface area contributed by atoms with Crippen LogP contribution in [0.3, 0.4) is 0 Å². The second-order valence-electron chi connectivity index (χ2n) is 5.50. The van der Waals surface area contributed by atoms with Gasteiger partial charge in [0.15, 0.2) is 0 Å². The Hall–Kier alpha value is -1.42. The number of hydrogen-bond acceptors (Lipinski definition) is 2. The van der Waals surface area contributed by atoms with E-state index in [1.54, 1.807) is 6.20 Å². The van der Waals surface area contributed by atoms with Crippen LogP contribution in [0.25, 0.3) is 10.9 Å². The highest BCUT2D eigenvalue weighted by atomic mass is 79.9. The summed E-state index contributed by atoms with van der Waals surface area (Å²) in [6.07, 6.45) is 5.32. The lowest BCUT2D eigenvalue weighted by Gasteiger charge is -2.15. The number of rotatable bonds is 5. The number of pyridine rings is 1. The Morgan fingerprint density at radius 3 is 2.90 bits per heavy atom. The number of carbonyl (C=O) groups is 1. The number of carbonyl (C=O) groups excluding carboxylic acids is 1. The van der Waals surface area contributed by atoms with Crippen molar-refractivity contribution >= 4 is 32.7 Å². The fourth-order valence-corrected chi connectivity index (χ4v) is 3.40. The van der Waals surface area contributed by atoms with Crippen molar-refractivity contribution in [1.29, 1.82) is 0 Å². The summed E-state index contributed by atoms with van der Waals surface area (Å²) in [5.41, 5.74) is 1.91. The first kappa shape index (κ1) is 13.6. The topological polar surface area (TPSA) is 42.0 Å². The molecule has 4 heteroatoms. The molecule has 104 valence electrons. The zero-order chi connectivity index (χ0) is 14.0. The normalized spacial score (nSPS) is 16.1. The summed E-state index contributed by atoms with van der Waals surface area (Å²) in [5.74, 6) is 0.00412. The predicted octanol–water partition coefficient (Wildman–Crippen LogP) is 3.53. The van der Waals surface area contributed by atoms with Crippen molar-refractivity contribution in [3.05, 3.63) is 42.1 Å². The van der Waals surface area contributed by atoms with Crippen LogP contribution in [0.4, 0.5) is 0 Å². The van der Waals surface area contributed by atoms with Gasteiger partial charge in [-0.15, -0.1) is 0 Å². The second kappa shape index (κ2) is 5.52. The van der Waals surface area contributed by atoms with Crippen molar-refractivity contribution in [2.24, 2.45) is 5.41 Å². The molecule has 3 nitrogen and oxygen atoms in total. The molecule has 1 fully saturated rings. The summed E-state index contributed by atoms with van der Waals surface area (Å²) < 4.78 is 0. The van der Waals surface area contributed by atoms with Crippen molar-refractivity contribution in [2.45, 2.75) is 19.3 Å². The van der Waals surface area contributed by atoms with Gasteiger partial charge in [0.2, 0.25) is 0 Å². The standard InChI is InChI=1S/C16H17BrN2O/c17-9-8-16(6-7-16)11-19-15(20)13-3-1-5-14-12(13)4-2-10-18-14/h1-5,10H,6-9,11H2,(H,19,20). The van der Waals surface area contributed by atoms with Gasteiger partial charge < -0.3 is 5.32 Å². The highest BCUT2D eigenvalue weighted by Crippen LogP contribution is 2.48. The van der Waals surface area contributed by atoms with Crippen LogP contribution in [0.15, 0.2) is 36.5 Å². The number of fused-ring (bicyclic) bond motifs is 1. The lowest BCUT2D eigenvalue weighted by atomic mass is 10.0. The summed E-state index contributed by atoms with van der Waals surface area (Å²) in [6.45, 7) is 0.772. The van der Waals surface area contributed by atoms with E-state index in [4.69, 9.17) is 0 Å². The molecule has 0 bridgehead atoms. The van der Waals surface area contributed by atoms with E-state index in [1.807, 2.05) is 30.3 Å². The molecular weight excluding hydrogens is 316 g/mol. The van der Waals surface area contributed by atoms with Crippen molar-refractivity contribution in [3.8, 4) is 0 Å². The van der Waals surface area contributed by atoms with Gasteiger partial charge >= 0.3 is 0 Å². The van der Waals surface area contributed by atoms with Crippen molar-refractivity contribution in [1.82, 2.24) is 10.3 Å². The number of halogens is 1. The molecule has 0 spiro atoms. The largest absolute Gasteiger partial charge is 0.351 e. The molecular formula is C16H17BrN2O. The van der Waals surface area contributed by atoms with Crippen LogP contribution in [-0.4, -0.2) is 22.8 Å². The molecule has 0 aliphatic heterocycles. The molecule has 0 saturated heterocycles. The lowest BCUT2D eigenvalue weighted by Crippen LogP contribution is -2.30. The van der Waals surface area contributed by atoms with E-state index in [1.165, 1.54) is 12.8 Å². The van der Waals surface area contributed by atoms with Gasteiger partial charge in [0.1, 0.15) is 0 Å². The minimum absolute atomic E-state index is 0.00412. The number of amides is 1. The van der Waals surface area contributed by atoms with Gasteiger partial charge in [0.05, 0.1) is 5.52 Å². The van der Waals surface area contributed by atoms with Gasteiger partial charge in [-0.1, -0.05) is 28.1 Å². The van der Waals surface area contributed by atoms with Crippen LogP contribution in [0.5, 0.6) is 0 Å². The summed E-state index contributed by atoms with van der Waals surface area (Å²) in [4.78, 5) is 16.7. The van der Waals surface area contributed by atoms with Crippen molar-refractivity contribution < 1.29 is 4.79 Å². The first-order valence-electron chi connectivity index (χ1n) is 6.92. The molecule has 0 radical (unpaired) electrons. The molecule has 1 aromatic heterocycles. The molecule has 2 aromatic rings. The minimum Gasteiger partial charge on any atom is -0.351 e. The van der Waals surface area contributed by atoms with Gasteiger partial charge in [-0.05, 0) is 42.9 Å². The highest BCUT2D eigenvalue weighted by Gasteiger charge is 2.41. The molecule has 1 saturated carbocycles. The first-order chi connectivity index (χ1) is 9.74. The van der Waals surface area contributed by atoms with Gasteiger partial charge in [0.25, 0.3) is 5.91 Å². The Balaban J connectivity index is 1.76. The first-order valence-corrected chi connectivity index (χ1v) is 8.04. The van der Waals surface area contributed by atoms with E-state index in [0.717, 1.165) is 29.2 Å². The van der Waals surface area contributed by atoms with Gasteiger partial charge in [-0.25, -0.2) is 0 Å². The molecule has 1 heterocycles. The molecule has 1 amide bonds. The number of aromatic nitrogens is 1. The predicted molar refractivity (Wildman–Crippen MR) is 84.2 cm³/mol. The summed E-state index contributed by atoms with van der Waals surface area (Å²) >= 11 is 3.49. The van der Waals surface area contributed by atoms with Crippen LogP contribution in [0.1, 0.15) is 29.6 Å². The second-order valence-corrected chi connectivity index (χ2v) is 6.29. The average molecular weight is 333 g/mol. The molecule has 3 rings (SSSR count). The SMILES string of the molecule is O=C(NCC1(CCBr)CC1)c1cccc2ncccc12. The third-order valence-corrected chi connectivity index (χ3v) is 4.49. The van der Waals surface area contributed by atoms with E-state index >= 15 is 0 Å². The average Bonchev–Trinajstić information content (AvgIpc) is 3.25. The third kappa shape index (κ3) is 2.70. The van der Waals surface area contributed by atoms with Crippen molar-refractivity contribution in [3.63, 3.8) is 0 Å². The molecule has 0 atom stereocenters. The quantitative estimate of drug-likeness (QED) is 0.851. The molecule has 1 aliphatic rings. The number of nitrogens with one attached hydrogen (secondary N) is 1. The van der Waals surface area contributed by atoms with E-state index < -0.39 is 0 Å².